The maximum absolute atomic E-state index is 6.26. The Labute approximate surface area is 107 Å². The number of hydrogen-bond acceptors (Lipinski definition) is 2. The van der Waals surface area contributed by atoms with Gasteiger partial charge in [0.25, 0.3) is 0 Å². The minimum atomic E-state index is 0.567. The molecule has 0 aromatic rings. The lowest BCUT2D eigenvalue weighted by Crippen LogP contribution is -2.37. The van der Waals surface area contributed by atoms with Gasteiger partial charge in [-0.15, -0.1) is 0 Å². The van der Waals surface area contributed by atoms with Crippen molar-refractivity contribution in [2.45, 2.75) is 89.4 Å². The van der Waals surface area contributed by atoms with E-state index in [1.807, 2.05) is 0 Å². The molecule has 0 aromatic heterocycles. The highest BCUT2D eigenvalue weighted by molar-refractivity contribution is 4.79. The van der Waals surface area contributed by atoms with Crippen LogP contribution in [0.25, 0.3) is 0 Å². The molecule has 2 rings (SSSR count). The van der Waals surface area contributed by atoms with E-state index in [9.17, 15) is 0 Å². The third-order valence-corrected chi connectivity index (χ3v) is 4.29. The molecule has 0 spiro atoms. The predicted molar refractivity (Wildman–Crippen MR) is 72.3 cm³/mol. The lowest BCUT2D eigenvalue weighted by atomic mass is 9.92. The van der Waals surface area contributed by atoms with E-state index in [0.717, 1.165) is 6.04 Å². The summed E-state index contributed by atoms with van der Waals surface area (Å²) in [5, 5.41) is 3.64. The molecule has 2 aliphatic carbocycles. The van der Waals surface area contributed by atoms with Crippen molar-refractivity contribution in [1.29, 1.82) is 0 Å². The van der Waals surface area contributed by atoms with E-state index >= 15 is 0 Å². The normalized spacial score (nSPS) is 31.6. The average Bonchev–Trinajstić information content (AvgIpc) is 2.39. The number of rotatable bonds is 5. The van der Waals surface area contributed by atoms with Gasteiger partial charge in [0.05, 0.1) is 12.2 Å². The van der Waals surface area contributed by atoms with Gasteiger partial charge in [0.15, 0.2) is 0 Å². The van der Waals surface area contributed by atoms with Crippen LogP contribution >= 0.6 is 0 Å². The smallest absolute Gasteiger partial charge is 0.0580 e. The fourth-order valence-electron chi connectivity index (χ4n) is 3.22. The summed E-state index contributed by atoms with van der Waals surface area (Å²) in [4.78, 5) is 0. The van der Waals surface area contributed by atoms with E-state index < -0.39 is 0 Å². The van der Waals surface area contributed by atoms with E-state index in [4.69, 9.17) is 4.74 Å². The molecule has 17 heavy (non-hydrogen) atoms. The summed E-state index contributed by atoms with van der Waals surface area (Å²) < 4.78 is 6.26. The highest BCUT2D eigenvalue weighted by Crippen LogP contribution is 2.27. The highest BCUT2D eigenvalue weighted by atomic mass is 16.5. The van der Waals surface area contributed by atoms with Crippen LogP contribution in [0.1, 0.15) is 71.1 Å². The SMILES string of the molecule is CCCNC1CCC(OC2CCCCC2)CC1. The topological polar surface area (TPSA) is 21.3 Å². The van der Waals surface area contributed by atoms with Crippen LogP contribution in [0, 0.1) is 0 Å². The Hall–Kier alpha value is -0.0800. The van der Waals surface area contributed by atoms with Crippen molar-refractivity contribution in [3.8, 4) is 0 Å². The number of hydrogen-bond donors (Lipinski definition) is 1. The fraction of sp³-hybridized carbons (Fsp3) is 1.00. The Morgan fingerprint density at radius 3 is 2.18 bits per heavy atom. The summed E-state index contributed by atoms with van der Waals surface area (Å²) >= 11 is 0. The molecule has 2 fully saturated rings. The molecule has 0 atom stereocenters. The first-order chi connectivity index (χ1) is 8.38. The summed E-state index contributed by atoms with van der Waals surface area (Å²) in [6.07, 6.45) is 14.4. The molecule has 100 valence electrons. The number of ether oxygens (including phenoxy) is 1. The molecule has 2 nitrogen and oxygen atoms in total. The van der Waals surface area contributed by atoms with Crippen LogP contribution in [0.2, 0.25) is 0 Å². The fourth-order valence-corrected chi connectivity index (χ4v) is 3.22. The zero-order chi connectivity index (χ0) is 11.9. The second kappa shape index (κ2) is 7.38. The van der Waals surface area contributed by atoms with Crippen molar-refractivity contribution in [2.24, 2.45) is 0 Å². The summed E-state index contributed by atoms with van der Waals surface area (Å²) in [5.74, 6) is 0. The van der Waals surface area contributed by atoms with Crippen molar-refractivity contribution in [3.63, 3.8) is 0 Å². The predicted octanol–water partition coefficient (Wildman–Crippen LogP) is 3.65. The van der Waals surface area contributed by atoms with Crippen LogP contribution in [0.5, 0.6) is 0 Å². The van der Waals surface area contributed by atoms with Crippen molar-refractivity contribution < 1.29 is 4.74 Å². The summed E-state index contributed by atoms with van der Waals surface area (Å²) in [6, 6.07) is 0.765. The molecular formula is C15H29NO. The number of nitrogens with one attached hydrogen (secondary N) is 1. The maximum atomic E-state index is 6.26. The molecule has 0 aliphatic heterocycles. The molecule has 0 bridgehead atoms. The van der Waals surface area contributed by atoms with Crippen LogP contribution in [-0.4, -0.2) is 24.8 Å². The van der Waals surface area contributed by atoms with Crippen LogP contribution in [0.4, 0.5) is 0 Å². The van der Waals surface area contributed by atoms with E-state index in [2.05, 4.69) is 12.2 Å². The molecule has 0 radical (unpaired) electrons. The lowest BCUT2D eigenvalue weighted by Gasteiger charge is -2.33. The summed E-state index contributed by atoms with van der Waals surface area (Å²) in [7, 11) is 0. The Bertz CT molecular complexity index is 193. The van der Waals surface area contributed by atoms with Crippen LogP contribution in [-0.2, 0) is 4.74 Å². The first-order valence-electron chi connectivity index (χ1n) is 7.77. The Morgan fingerprint density at radius 1 is 0.882 bits per heavy atom. The second-order valence-corrected chi connectivity index (χ2v) is 5.82. The molecule has 0 unspecified atom stereocenters. The highest BCUT2D eigenvalue weighted by Gasteiger charge is 2.24. The zero-order valence-corrected chi connectivity index (χ0v) is 11.4. The van der Waals surface area contributed by atoms with Gasteiger partial charge in [-0.1, -0.05) is 26.2 Å². The largest absolute Gasteiger partial charge is 0.375 e. The van der Waals surface area contributed by atoms with Gasteiger partial charge < -0.3 is 10.1 Å². The first-order valence-corrected chi connectivity index (χ1v) is 7.77. The van der Waals surface area contributed by atoms with E-state index in [1.165, 1.54) is 70.8 Å². The first kappa shape index (κ1) is 13.4. The molecule has 2 heteroatoms. The summed E-state index contributed by atoms with van der Waals surface area (Å²) in [5.41, 5.74) is 0. The van der Waals surface area contributed by atoms with Gasteiger partial charge in [-0.3, -0.25) is 0 Å². The maximum Gasteiger partial charge on any atom is 0.0580 e. The Balaban J connectivity index is 1.61. The third-order valence-electron chi connectivity index (χ3n) is 4.29. The molecule has 0 saturated heterocycles. The third kappa shape index (κ3) is 4.59. The minimum Gasteiger partial charge on any atom is -0.375 e. The van der Waals surface area contributed by atoms with Gasteiger partial charge in [-0.25, -0.2) is 0 Å². The van der Waals surface area contributed by atoms with E-state index in [-0.39, 0.29) is 0 Å². The van der Waals surface area contributed by atoms with Gasteiger partial charge in [0.1, 0.15) is 0 Å². The minimum absolute atomic E-state index is 0.567. The van der Waals surface area contributed by atoms with Gasteiger partial charge >= 0.3 is 0 Å². The molecule has 0 amide bonds. The van der Waals surface area contributed by atoms with Crippen molar-refractivity contribution in [1.82, 2.24) is 5.32 Å². The van der Waals surface area contributed by atoms with Gasteiger partial charge in [-0.05, 0) is 51.5 Å². The molecular weight excluding hydrogens is 210 g/mol. The van der Waals surface area contributed by atoms with Crippen molar-refractivity contribution >= 4 is 0 Å². The molecule has 1 N–H and O–H groups in total. The van der Waals surface area contributed by atoms with Crippen LogP contribution < -0.4 is 5.32 Å². The van der Waals surface area contributed by atoms with Crippen molar-refractivity contribution in [3.05, 3.63) is 0 Å². The molecule has 0 aromatic carbocycles. The second-order valence-electron chi connectivity index (χ2n) is 5.82. The molecule has 0 heterocycles. The monoisotopic (exact) mass is 239 g/mol. The van der Waals surface area contributed by atoms with Gasteiger partial charge in [-0.2, -0.15) is 0 Å². The standard InChI is InChI=1S/C15H29NO/c1-2-12-16-13-8-10-15(11-9-13)17-14-6-4-3-5-7-14/h13-16H,2-12H2,1H3. The quantitative estimate of drug-likeness (QED) is 0.791. The van der Waals surface area contributed by atoms with Gasteiger partial charge in [0, 0.05) is 6.04 Å². The Morgan fingerprint density at radius 2 is 1.53 bits per heavy atom. The van der Waals surface area contributed by atoms with E-state index in [1.54, 1.807) is 0 Å². The van der Waals surface area contributed by atoms with Crippen molar-refractivity contribution in [2.75, 3.05) is 6.54 Å². The van der Waals surface area contributed by atoms with Crippen LogP contribution in [0.15, 0.2) is 0 Å². The summed E-state index contributed by atoms with van der Waals surface area (Å²) in [6.45, 7) is 3.42. The Kier molecular flexibility index (Phi) is 5.79. The molecule has 2 saturated carbocycles. The van der Waals surface area contributed by atoms with Gasteiger partial charge in [0.2, 0.25) is 0 Å². The molecule has 2 aliphatic rings. The lowest BCUT2D eigenvalue weighted by molar-refractivity contribution is -0.0481. The van der Waals surface area contributed by atoms with Crippen LogP contribution in [0.3, 0.4) is 0 Å². The van der Waals surface area contributed by atoms with E-state index in [0.29, 0.717) is 12.2 Å². The average molecular weight is 239 g/mol. The zero-order valence-electron chi connectivity index (χ0n) is 11.4.